The van der Waals surface area contributed by atoms with Crippen LogP contribution in [0.2, 0.25) is 0 Å². The quantitative estimate of drug-likeness (QED) is 0.819. The Kier molecular flexibility index (Phi) is 5.68. The molecule has 0 spiro atoms. The first-order valence-electron chi connectivity index (χ1n) is 8.05. The predicted octanol–water partition coefficient (Wildman–Crippen LogP) is 3.38. The maximum absolute atomic E-state index is 12.4. The van der Waals surface area contributed by atoms with Gasteiger partial charge in [0.05, 0.1) is 5.69 Å². The van der Waals surface area contributed by atoms with E-state index in [-0.39, 0.29) is 11.3 Å². The van der Waals surface area contributed by atoms with Crippen LogP contribution in [-0.4, -0.2) is 28.1 Å². The smallest absolute Gasteiger partial charge is 0.269 e. The van der Waals surface area contributed by atoms with Gasteiger partial charge in [-0.3, -0.25) is 9.48 Å². The monoisotopic (exact) mass is 311 g/mol. The molecule has 1 aromatic heterocycles. The number of nitrogens with one attached hydrogen (secondary N) is 1. The van der Waals surface area contributed by atoms with Crippen molar-refractivity contribution >= 4 is 17.5 Å². The molecule has 1 heterocycles. The maximum Gasteiger partial charge on any atom is 0.269 e. The molecular weight excluding hydrogens is 286 g/mol. The molecule has 118 valence electrons. The van der Waals surface area contributed by atoms with Gasteiger partial charge in [-0.2, -0.15) is 5.10 Å². The summed E-state index contributed by atoms with van der Waals surface area (Å²) in [4.78, 5) is 12.4. The second-order valence-corrected chi connectivity index (χ2v) is 6.33. The van der Waals surface area contributed by atoms with Crippen LogP contribution in [0, 0.1) is 5.41 Å². The minimum atomic E-state index is -0.0286. The highest BCUT2D eigenvalue weighted by atomic mass is 35.5. The van der Waals surface area contributed by atoms with Gasteiger partial charge in [-0.25, -0.2) is 0 Å². The van der Waals surface area contributed by atoms with E-state index in [1.54, 1.807) is 4.68 Å². The van der Waals surface area contributed by atoms with Crippen LogP contribution in [0.1, 0.15) is 62.1 Å². The zero-order chi connectivity index (χ0) is 15.3. The number of amides is 1. The molecule has 0 aliphatic heterocycles. The first-order chi connectivity index (χ1) is 10.1. The van der Waals surface area contributed by atoms with E-state index in [2.05, 4.69) is 17.3 Å². The molecule has 5 heteroatoms. The fraction of sp³-hybridized carbons (Fsp3) is 0.750. The number of alkyl halides is 1. The van der Waals surface area contributed by atoms with E-state index in [1.807, 2.05) is 13.0 Å². The Morgan fingerprint density at radius 2 is 2.10 bits per heavy atom. The highest BCUT2D eigenvalue weighted by Gasteiger charge is 2.32. The molecule has 0 radical (unpaired) electrons. The number of nitrogens with zero attached hydrogens (tertiary/aromatic N) is 2. The van der Waals surface area contributed by atoms with Gasteiger partial charge in [0.1, 0.15) is 5.69 Å². The first kappa shape index (κ1) is 16.3. The van der Waals surface area contributed by atoms with Crippen LogP contribution in [0.5, 0.6) is 0 Å². The summed E-state index contributed by atoms with van der Waals surface area (Å²) < 4.78 is 1.78. The first-order valence-corrected chi connectivity index (χ1v) is 8.58. The third-order valence-corrected chi connectivity index (χ3v) is 5.11. The van der Waals surface area contributed by atoms with E-state index in [1.165, 1.54) is 19.3 Å². The van der Waals surface area contributed by atoms with Crippen LogP contribution >= 0.6 is 11.6 Å². The van der Waals surface area contributed by atoms with Crippen LogP contribution in [0.3, 0.4) is 0 Å². The maximum atomic E-state index is 12.4. The van der Waals surface area contributed by atoms with Crippen LogP contribution < -0.4 is 5.32 Å². The SMILES string of the molecule is CCc1cc(C(=O)NCC2(CCl)CCCCC2)n(CC)n1. The summed E-state index contributed by atoms with van der Waals surface area (Å²) in [6, 6.07) is 1.90. The molecule has 0 aromatic carbocycles. The number of aromatic nitrogens is 2. The molecule has 2 rings (SSSR count). The molecular formula is C16H26ClN3O. The zero-order valence-corrected chi connectivity index (χ0v) is 13.9. The molecule has 1 aliphatic rings. The minimum Gasteiger partial charge on any atom is -0.350 e. The van der Waals surface area contributed by atoms with Crippen molar-refractivity contribution in [3.63, 3.8) is 0 Å². The van der Waals surface area contributed by atoms with Crippen molar-refractivity contribution in [2.45, 2.75) is 58.9 Å². The number of rotatable bonds is 6. The topological polar surface area (TPSA) is 46.9 Å². The highest BCUT2D eigenvalue weighted by molar-refractivity contribution is 6.18. The Hall–Kier alpha value is -1.03. The summed E-state index contributed by atoms with van der Waals surface area (Å²) in [6.45, 7) is 5.44. The van der Waals surface area contributed by atoms with E-state index in [0.717, 1.165) is 25.0 Å². The summed E-state index contributed by atoms with van der Waals surface area (Å²) in [5.74, 6) is 0.597. The van der Waals surface area contributed by atoms with Crippen molar-refractivity contribution < 1.29 is 4.79 Å². The van der Waals surface area contributed by atoms with E-state index in [9.17, 15) is 4.79 Å². The van der Waals surface area contributed by atoms with Crippen LogP contribution in [0.4, 0.5) is 0 Å². The van der Waals surface area contributed by atoms with E-state index in [4.69, 9.17) is 11.6 Å². The number of carbonyl (C=O) groups is 1. The number of hydrogen-bond donors (Lipinski definition) is 1. The van der Waals surface area contributed by atoms with Crippen molar-refractivity contribution in [2.24, 2.45) is 5.41 Å². The number of halogens is 1. The summed E-state index contributed by atoms with van der Waals surface area (Å²) >= 11 is 6.18. The lowest BCUT2D eigenvalue weighted by Crippen LogP contribution is -2.40. The van der Waals surface area contributed by atoms with Gasteiger partial charge in [0.2, 0.25) is 0 Å². The summed E-state index contributed by atoms with van der Waals surface area (Å²) in [7, 11) is 0. The van der Waals surface area contributed by atoms with Gasteiger partial charge >= 0.3 is 0 Å². The summed E-state index contributed by atoms with van der Waals surface area (Å²) in [5, 5.41) is 7.52. The minimum absolute atomic E-state index is 0.0286. The number of hydrogen-bond acceptors (Lipinski definition) is 2. The highest BCUT2D eigenvalue weighted by Crippen LogP contribution is 2.36. The third-order valence-electron chi connectivity index (χ3n) is 4.55. The van der Waals surface area contributed by atoms with Gasteiger partial charge in [0.15, 0.2) is 0 Å². The fourth-order valence-corrected chi connectivity index (χ4v) is 3.45. The molecule has 0 atom stereocenters. The van der Waals surface area contributed by atoms with Crippen LogP contribution in [-0.2, 0) is 13.0 Å². The van der Waals surface area contributed by atoms with E-state index < -0.39 is 0 Å². The Labute approximate surface area is 132 Å². The van der Waals surface area contributed by atoms with Gasteiger partial charge in [0.25, 0.3) is 5.91 Å². The third kappa shape index (κ3) is 3.79. The van der Waals surface area contributed by atoms with Gasteiger partial charge in [-0.1, -0.05) is 26.2 Å². The Morgan fingerprint density at radius 3 is 2.67 bits per heavy atom. The largest absolute Gasteiger partial charge is 0.350 e. The molecule has 21 heavy (non-hydrogen) atoms. The zero-order valence-electron chi connectivity index (χ0n) is 13.1. The molecule has 1 aromatic rings. The average Bonchev–Trinajstić information content (AvgIpc) is 2.97. The van der Waals surface area contributed by atoms with Gasteiger partial charge in [-0.05, 0) is 32.3 Å². The number of carbonyl (C=O) groups excluding carboxylic acids is 1. The van der Waals surface area contributed by atoms with Crippen molar-refractivity contribution in [1.29, 1.82) is 0 Å². The van der Waals surface area contributed by atoms with Crippen molar-refractivity contribution in [3.05, 3.63) is 17.5 Å². The van der Waals surface area contributed by atoms with Crippen molar-refractivity contribution in [3.8, 4) is 0 Å². The second-order valence-electron chi connectivity index (χ2n) is 6.07. The van der Waals surface area contributed by atoms with E-state index in [0.29, 0.717) is 24.7 Å². The van der Waals surface area contributed by atoms with Gasteiger partial charge < -0.3 is 5.32 Å². The van der Waals surface area contributed by atoms with Gasteiger partial charge in [0, 0.05) is 24.4 Å². The lowest BCUT2D eigenvalue weighted by Gasteiger charge is -2.35. The lowest BCUT2D eigenvalue weighted by atomic mass is 9.75. The molecule has 1 fully saturated rings. The van der Waals surface area contributed by atoms with Crippen molar-refractivity contribution in [1.82, 2.24) is 15.1 Å². The molecule has 1 amide bonds. The Bertz CT molecular complexity index is 478. The normalized spacial score (nSPS) is 17.7. The molecule has 4 nitrogen and oxygen atoms in total. The number of aryl methyl sites for hydroxylation is 2. The molecule has 1 aliphatic carbocycles. The van der Waals surface area contributed by atoms with Crippen LogP contribution in [0.15, 0.2) is 6.07 Å². The molecule has 0 bridgehead atoms. The summed E-state index contributed by atoms with van der Waals surface area (Å²) in [6.07, 6.45) is 6.80. The summed E-state index contributed by atoms with van der Waals surface area (Å²) in [5.41, 5.74) is 1.71. The second kappa shape index (κ2) is 7.30. The predicted molar refractivity (Wildman–Crippen MR) is 85.9 cm³/mol. The van der Waals surface area contributed by atoms with Crippen molar-refractivity contribution in [2.75, 3.05) is 12.4 Å². The lowest BCUT2D eigenvalue weighted by molar-refractivity contribution is 0.0910. The molecule has 0 saturated heterocycles. The fourth-order valence-electron chi connectivity index (χ4n) is 3.08. The average molecular weight is 312 g/mol. The molecule has 0 unspecified atom stereocenters. The Morgan fingerprint density at radius 1 is 1.38 bits per heavy atom. The molecule has 1 N–H and O–H groups in total. The standard InChI is InChI=1S/C16H26ClN3O/c1-3-13-10-14(20(4-2)19-13)15(21)18-12-16(11-17)8-6-5-7-9-16/h10H,3-9,11-12H2,1-2H3,(H,18,21). The molecule has 1 saturated carbocycles. The van der Waals surface area contributed by atoms with E-state index >= 15 is 0 Å². The van der Waals surface area contributed by atoms with Gasteiger partial charge in [-0.15, -0.1) is 11.6 Å². The van der Waals surface area contributed by atoms with Crippen LogP contribution in [0.25, 0.3) is 0 Å². The Balaban J connectivity index is 2.02.